The normalized spacial score (nSPS) is 16.0. The molecule has 0 bridgehead atoms. The number of carbonyl (C=O) groups is 4. The molecule has 2 aromatic carbocycles. The molecule has 8 N–H and O–H groups in total. The van der Waals surface area contributed by atoms with Gasteiger partial charge < -0.3 is 32.3 Å². The molecular formula is C37H55N7O4. The topological polar surface area (TPSA) is 189 Å². The minimum Gasteiger partial charge on any atom is -0.370 e. The van der Waals surface area contributed by atoms with E-state index in [1.165, 1.54) is 0 Å². The first kappa shape index (κ1) is 38.4. The van der Waals surface area contributed by atoms with E-state index in [1.54, 1.807) is 9.80 Å². The van der Waals surface area contributed by atoms with Gasteiger partial charge in [-0.25, -0.2) is 0 Å². The first-order valence-electron chi connectivity index (χ1n) is 17.3. The van der Waals surface area contributed by atoms with Crippen LogP contribution in [0.1, 0.15) is 63.5 Å². The number of nitrogens with one attached hydrogen (secondary N) is 2. The largest absolute Gasteiger partial charge is 0.370 e. The van der Waals surface area contributed by atoms with Crippen LogP contribution in [-0.2, 0) is 32.0 Å². The Labute approximate surface area is 285 Å². The molecule has 262 valence electrons. The maximum absolute atomic E-state index is 13.9. The van der Waals surface area contributed by atoms with Crippen molar-refractivity contribution in [2.45, 2.75) is 77.3 Å². The number of guanidine groups is 1. The zero-order valence-electron chi connectivity index (χ0n) is 28.6. The molecule has 0 spiro atoms. The number of benzene rings is 2. The smallest absolute Gasteiger partial charge is 0.226 e. The van der Waals surface area contributed by atoms with E-state index in [1.807, 2.05) is 74.5 Å². The lowest BCUT2D eigenvalue weighted by molar-refractivity contribution is -0.139. The van der Waals surface area contributed by atoms with Gasteiger partial charge in [-0.3, -0.25) is 24.6 Å². The Balaban J connectivity index is 1.76. The van der Waals surface area contributed by atoms with Crippen molar-refractivity contribution in [3.63, 3.8) is 0 Å². The number of rotatable bonds is 18. The summed E-state index contributed by atoms with van der Waals surface area (Å²) in [7, 11) is 0. The maximum Gasteiger partial charge on any atom is 0.226 e. The summed E-state index contributed by atoms with van der Waals surface area (Å²) in [4.78, 5) is 58.5. The van der Waals surface area contributed by atoms with Gasteiger partial charge in [0.25, 0.3) is 0 Å². The van der Waals surface area contributed by atoms with Crippen molar-refractivity contribution >= 4 is 29.3 Å². The number of amides is 2. The molecular weight excluding hydrogens is 606 g/mol. The zero-order chi connectivity index (χ0) is 35.1. The second kappa shape index (κ2) is 19.7. The molecule has 1 fully saturated rings. The van der Waals surface area contributed by atoms with Crippen molar-refractivity contribution in [3.8, 4) is 0 Å². The molecule has 0 saturated carbocycles. The van der Waals surface area contributed by atoms with E-state index in [0.29, 0.717) is 71.2 Å². The molecule has 3 rings (SSSR count). The van der Waals surface area contributed by atoms with Crippen LogP contribution in [0, 0.1) is 23.2 Å². The third kappa shape index (κ3) is 12.5. The van der Waals surface area contributed by atoms with Crippen LogP contribution in [0.25, 0.3) is 0 Å². The average Bonchev–Trinajstić information content (AvgIpc) is 3.33. The van der Waals surface area contributed by atoms with Crippen molar-refractivity contribution in [2.75, 3.05) is 32.7 Å². The first-order valence-corrected chi connectivity index (χ1v) is 17.3. The Morgan fingerprint density at radius 3 is 1.96 bits per heavy atom. The molecule has 0 radical (unpaired) electrons. The van der Waals surface area contributed by atoms with Crippen LogP contribution in [0.4, 0.5) is 0 Å². The number of hydrogen-bond donors (Lipinski definition) is 5. The fraction of sp³-hybridized carbons (Fsp3) is 0.541. The van der Waals surface area contributed by atoms with Crippen LogP contribution >= 0.6 is 0 Å². The second-order valence-electron chi connectivity index (χ2n) is 13.4. The Morgan fingerprint density at radius 2 is 1.38 bits per heavy atom. The van der Waals surface area contributed by atoms with E-state index < -0.39 is 23.9 Å². The van der Waals surface area contributed by atoms with Crippen molar-refractivity contribution in [3.05, 3.63) is 71.8 Å². The minimum atomic E-state index is -0.811. The molecule has 2 aromatic rings. The summed E-state index contributed by atoms with van der Waals surface area (Å²) in [5.74, 6) is -2.13. The number of nitrogens with two attached hydrogens (primary N) is 3. The van der Waals surface area contributed by atoms with Crippen LogP contribution in [0.3, 0.4) is 0 Å². The van der Waals surface area contributed by atoms with E-state index >= 15 is 0 Å². The molecule has 11 heteroatoms. The van der Waals surface area contributed by atoms with Gasteiger partial charge >= 0.3 is 0 Å². The van der Waals surface area contributed by atoms with Crippen molar-refractivity contribution in [1.29, 1.82) is 5.41 Å². The minimum absolute atomic E-state index is 0.0168. The Bertz CT molecular complexity index is 1340. The van der Waals surface area contributed by atoms with E-state index in [9.17, 15) is 19.2 Å². The predicted molar refractivity (Wildman–Crippen MR) is 189 cm³/mol. The number of carbonyl (C=O) groups excluding carboxylic acids is 4. The van der Waals surface area contributed by atoms with Crippen LogP contribution in [0.15, 0.2) is 60.7 Å². The van der Waals surface area contributed by atoms with E-state index in [2.05, 4.69) is 5.32 Å². The lowest BCUT2D eigenvalue weighted by Crippen LogP contribution is -2.47. The zero-order valence-corrected chi connectivity index (χ0v) is 28.6. The predicted octanol–water partition coefficient (Wildman–Crippen LogP) is 2.65. The summed E-state index contributed by atoms with van der Waals surface area (Å²) in [6.45, 7) is 6.34. The van der Waals surface area contributed by atoms with Crippen LogP contribution in [0.2, 0.25) is 0 Å². The molecule has 2 amide bonds. The molecule has 1 saturated heterocycles. The van der Waals surface area contributed by atoms with Crippen LogP contribution in [0.5, 0.6) is 0 Å². The molecule has 11 nitrogen and oxygen atoms in total. The van der Waals surface area contributed by atoms with Gasteiger partial charge in [0.2, 0.25) is 11.8 Å². The van der Waals surface area contributed by atoms with Gasteiger partial charge in [-0.1, -0.05) is 74.5 Å². The molecule has 0 unspecified atom stereocenters. The van der Waals surface area contributed by atoms with Crippen molar-refractivity contribution in [1.82, 2.24) is 15.1 Å². The SMILES string of the molecule is CC(C)C[C@@H](NC(=O)[C@H](CC(=O)[C@H](N)Cc1ccccc1)Cc1ccccc1)C(=O)C[C@H](CCCN)C(=O)N1CCCN(C(=N)N)CC1. The molecule has 1 aliphatic heterocycles. The fourth-order valence-electron chi connectivity index (χ4n) is 6.26. The Morgan fingerprint density at radius 1 is 0.812 bits per heavy atom. The summed E-state index contributed by atoms with van der Waals surface area (Å²) in [6.07, 6.45) is 2.74. The highest BCUT2D eigenvalue weighted by atomic mass is 16.2. The lowest BCUT2D eigenvalue weighted by Gasteiger charge is -2.28. The van der Waals surface area contributed by atoms with Gasteiger partial charge in [-0.15, -0.1) is 0 Å². The number of Topliss-reactive ketones (excluding diaryl/α,β-unsaturated/α-hetero) is 2. The van der Waals surface area contributed by atoms with Crippen molar-refractivity contribution in [2.24, 2.45) is 35.0 Å². The van der Waals surface area contributed by atoms with Gasteiger partial charge in [0.15, 0.2) is 17.5 Å². The molecule has 1 heterocycles. The van der Waals surface area contributed by atoms with Crippen LogP contribution in [-0.4, -0.2) is 83.9 Å². The highest BCUT2D eigenvalue weighted by Gasteiger charge is 2.33. The van der Waals surface area contributed by atoms with E-state index in [-0.39, 0.29) is 48.1 Å². The third-order valence-corrected chi connectivity index (χ3v) is 8.97. The van der Waals surface area contributed by atoms with Crippen LogP contribution < -0.4 is 22.5 Å². The lowest BCUT2D eigenvalue weighted by atomic mass is 9.87. The summed E-state index contributed by atoms with van der Waals surface area (Å²) < 4.78 is 0. The number of nitrogens with zero attached hydrogens (tertiary/aromatic N) is 2. The van der Waals surface area contributed by atoms with E-state index in [4.69, 9.17) is 22.6 Å². The molecule has 48 heavy (non-hydrogen) atoms. The van der Waals surface area contributed by atoms with Gasteiger partial charge in [0, 0.05) is 50.9 Å². The van der Waals surface area contributed by atoms with Gasteiger partial charge in [-0.2, -0.15) is 0 Å². The standard InChI is InChI=1S/C37H55N7O4/c1-26(2)21-32(34(46)24-29(15-9-16-38)36(48)43-17-10-18-44(20-19-43)37(40)41)42-35(47)30(22-27-11-5-3-6-12-27)25-33(45)31(39)23-28-13-7-4-8-14-28/h3-8,11-14,26,29-32H,9-10,15-25,38-39H2,1-2H3,(H3,40,41)(H,42,47)/t29-,30-,31+,32+/m0/s1. The second-order valence-corrected chi connectivity index (χ2v) is 13.4. The number of hydrogen-bond acceptors (Lipinski definition) is 7. The highest BCUT2D eigenvalue weighted by Crippen LogP contribution is 2.21. The summed E-state index contributed by atoms with van der Waals surface area (Å²) in [6, 6.07) is 17.5. The van der Waals surface area contributed by atoms with E-state index in [0.717, 1.165) is 11.1 Å². The first-order chi connectivity index (χ1) is 23.0. The monoisotopic (exact) mass is 661 g/mol. The third-order valence-electron chi connectivity index (χ3n) is 8.97. The maximum atomic E-state index is 13.9. The van der Waals surface area contributed by atoms with Crippen molar-refractivity contribution < 1.29 is 19.2 Å². The fourth-order valence-corrected chi connectivity index (χ4v) is 6.26. The molecule has 4 atom stereocenters. The number of ketones is 2. The summed E-state index contributed by atoms with van der Waals surface area (Å²) in [5.41, 5.74) is 19.7. The average molecular weight is 662 g/mol. The van der Waals surface area contributed by atoms with Gasteiger partial charge in [0.1, 0.15) is 0 Å². The highest BCUT2D eigenvalue weighted by molar-refractivity contribution is 5.94. The Hall–Kier alpha value is -4.09. The summed E-state index contributed by atoms with van der Waals surface area (Å²) >= 11 is 0. The molecule has 1 aliphatic rings. The molecule has 0 aliphatic carbocycles. The van der Waals surface area contributed by atoms with Gasteiger partial charge in [0.05, 0.1) is 12.1 Å². The molecule has 0 aromatic heterocycles. The summed E-state index contributed by atoms with van der Waals surface area (Å²) in [5, 5.41) is 10.8. The quantitative estimate of drug-likeness (QED) is 0.119. The Kier molecular flexibility index (Phi) is 15.7. The van der Waals surface area contributed by atoms with Gasteiger partial charge in [-0.05, 0) is 62.1 Å².